The van der Waals surface area contributed by atoms with E-state index in [4.69, 9.17) is 4.74 Å². The van der Waals surface area contributed by atoms with Gasteiger partial charge in [-0.15, -0.1) is 4.36 Å². The van der Waals surface area contributed by atoms with Gasteiger partial charge >= 0.3 is 6.09 Å². The number of alkyl halides is 2. The van der Waals surface area contributed by atoms with E-state index in [-0.39, 0.29) is 36.3 Å². The van der Waals surface area contributed by atoms with Crippen molar-refractivity contribution in [1.29, 1.82) is 0 Å². The van der Waals surface area contributed by atoms with Crippen LogP contribution in [0.4, 0.5) is 25.1 Å². The Morgan fingerprint density at radius 2 is 1.95 bits per heavy atom. The van der Waals surface area contributed by atoms with Crippen molar-refractivity contribution in [2.24, 2.45) is 4.36 Å². The molecule has 37 heavy (non-hydrogen) atoms. The summed E-state index contributed by atoms with van der Waals surface area (Å²) in [6, 6.07) is 6.21. The molecule has 12 heteroatoms. The first-order valence-electron chi connectivity index (χ1n) is 11.7. The maximum Gasteiger partial charge on any atom is 0.442 e. The van der Waals surface area contributed by atoms with E-state index in [1.807, 2.05) is 0 Å². The molecule has 202 valence electrons. The van der Waals surface area contributed by atoms with Crippen molar-refractivity contribution in [2.45, 2.75) is 63.4 Å². The van der Waals surface area contributed by atoms with Gasteiger partial charge in [-0.1, -0.05) is 6.07 Å². The third kappa shape index (κ3) is 7.70. The van der Waals surface area contributed by atoms with Crippen LogP contribution in [-0.2, 0) is 14.5 Å². The molecule has 1 aliphatic heterocycles. The Morgan fingerprint density at radius 3 is 2.62 bits per heavy atom. The van der Waals surface area contributed by atoms with Gasteiger partial charge in [0.05, 0.1) is 15.3 Å². The zero-order valence-corrected chi connectivity index (χ0v) is 23.8. The maximum atomic E-state index is 13.9. The number of halogens is 3. The van der Waals surface area contributed by atoms with Crippen LogP contribution in [0.25, 0.3) is 0 Å². The number of hydrogen-bond acceptors (Lipinski definition) is 6. The van der Waals surface area contributed by atoms with E-state index in [2.05, 4.69) is 30.6 Å². The summed E-state index contributed by atoms with van der Waals surface area (Å²) in [7, 11) is -3.16. The van der Waals surface area contributed by atoms with Gasteiger partial charge in [0.15, 0.2) is 0 Å². The molecule has 1 aliphatic rings. The molecule has 1 atom stereocenters. The highest BCUT2D eigenvalue weighted by Crippen LogP contribution is 2.33. The lowest BCUT2D eigenvalue weighted by molar-refractivity contribution is -0.0102. The second-order valence-electron chi connectivity index (χ2n) is 9.98. The molecule has 2 heterocycles. The predicted molar refractivity (Wildman–Crippen MR) is 143 cm³/mol. The van der Waals surface area contributed by atoms with Crippen molar-refractivity contribution >= 4 is 49.2 Å². The molecule has 0 spiro atoms. The Balaban J connectivity index is 1.91. The van der Waals surface area contributed by atoms with Gasteiger partial charge in [-0.05, 0) is 73.8 Å². The number of ether oxygens (including phenoxy) is 1. The molecule has 2 amide bonds. The van der Waals surface area contributed by atoms with Gasteiger partial charge in [-0.25, -0.2) is 22.8 Å². The minimum Gasteiger partial charge on any atom is -0.442 e. The summed E-state index contributed by atoms with van der Waals surface area (Å²) < 4.78 is 50.5. The number of carbonyl (C=O) groups is 2. The van der Waals surface area contributed by atoms with Gasteiger partial charge in [-0.2, -0.15) is 0 Å². The molecule has 0 saturated carbocycles. The molecule has 0 radical (unpaired) electrons. The van der Waals surface area contributed by atoms with Gasteiger partial charge in [0.25, 0.3) is 5.91 Å². The van der Waals surface area contributed by atoms with E-state index in [1.54, 1.807) is 57.0 Å². The maximum absolute atomic E-state index is 13.9. The van der Waals surface area contributed by atoms with E-state index < -0.39 is 33.3 Å². The van der Waals surface area contributed by atoms with Gasteiger partial charge in [0, 0.05) is 53.4 Å². The normalized spacial score (nSPS) is 17.4. The number of amides is 2. The first kappa shape index (κ1) is 29.0. The van der Waals surface area contributed by atoms with Crippen LogP contribution in [0.5, 0.6) is 0 Å². The SMILES string of the molecule is Cc1c(Br)cnc(N2CCCC(F)(F)CC2)c1C(=O)Nc1cccc([S@](C)(=O)=NC(=O)OC(C)(C)C)c1. The number of carbonyl (C=O) groups excluding carboxylic acids is 2. The van der Waals surface area contributed by atoms with Gasteiger partial charge in [-0.3, -0.25) is 4.79 Å². The minimum atomic E-state index is -3.16. The molecule has 3 rings (SSSR count). The van der Waals surface area contributed by atoms with E-state index >= 15 is 0 Å². The number of aromatic nitrogens is 1. The summed E-state index contributed by atoms with van der Waals surface area (Å²) in [6.45, 7) is 7.20. The number of anilines is 2. The van der Waals surface area contributed by atoms with Crippen molar-refractivity contribution in [1.82, 2.24) is 4.98 Å². The minimum absolute atomic E-state index is 0.0703. The molecule has 1 N–H and O–H groups in total. The summed E-state index contributed by atoms with van der Waals surface area (Å²) in [4.78, 5) is 31.9. The fourth-order valence-corrected chi connectivity index (χ4v) is 5.24. The van der Waals surface area contributed by atoms with Crippen molar-refractivity contribution in [3.05, 3.63) is 46.1 Å². The molecule has 2 aromatic rings. The van der Waals surface area contributed by atoms with Crippen LogP contribution in [0.3, 0.4) is 0 Å². The third-order valence-electron chi connectivity index (χ3n) is 5.67. The van der Waals surface area contributed by atoms with E-state index in [0.29, 0.717) is 28.1 Å². The molecule has 0 aliphatic carbocycles. The topological polar surface area (TPSA) is 101 Å². The Labute approximate surface area is 224 Å². The van der Waals surface area contributed by atoms with Gasteiger partial charge in [0.2, 0.25) is 5.92 Å². The van der Waals surface area contributed by atoms with E-state index in [9.17, 15) is 22.6 Å². The molecular formula is C25H31BrF2N4O4S. The monoisotopic (exact) mass is 600 g/mol. The van der Waals surface area contributed by atoms with Crippen LogP contribution in [0.2, 0.25) is 0 Å². The average Bonchev–Trinajstić information content (AvgIpc) is 2.94. The van der Waals surface area contributed by atoms with Crippen LogP contribution < -0.4 is 10.2 Å². The van der Waals surface area contributed by atoms with E-state index in [0.717, 1.165) is 0 Å². The molecule has 1 saturated heterocycles. The second kappa shape index (κ2) is 11.0. The van der Waals surface area contributed by atoms with Crippen molar-refractivity contribution < 1.29 is 27.3 Å². The highest BCUT2D eigenvalue weighted by atomic mass is 79.9. The Bertz CT molecular complexity index is 1320. The largest absolute Gasteiger partial charge is 0.442 e. The molecular weight excluding hydrogens is 570 g/mol. The molecule has 8 nitrogen and oxygen atoms in total. The van der Waals surface area contributed by atoms with Crippen LogP contribution in [0.15, 0.2) is 44.2 Å². The lowest BCUT2D eigenvalue weighted by Gasteiger charge is -2.25. The number of benzene rings is 1. The molecule has 0 unspecified atom stereocenters. The average molecular weight is 602 g/mol. The number of nitrogens with one attached hydrogen (secondary N) is 1. The van der Waals surface area contributed by atoms with Crippen molar-refractivity contribution in [2.75, 3.05) is 29.6 Å². The van der Waals surface area contributed by atoms with Crippen LogP contribution >= 0.6 is 15.9 Å². The zero-order chi connectivity index (χ0) is 27.6. The van der Waals surface area contributed by atoms with Crippen LogP contribution in [0.1, 0.15) is 56.0 Å². The number of nitrogens with zero attached hydrogens (tertiary/aromatic N) is 3. The van der Waals surface area contributed by atoms with Crippen LogP contribution in [0, 0.1) is 6.92 Å². The summed E-state index contributed by atoms with van der Waals surface area (Å²) >= 11 is 3.40. The Kier molecular flexibility index (Phi) is 8.63. The van der Waals surface area contributed by atoms with Crippen molar-refractivity contribution in [3.63, 3.8) is 0 Å². The smallest absolute Gasteiger partial charge is 0.442 e. The lowest BCUT2D eigenvalue weighted by atomic mass is 10.1. The second-order valence-corrected chi connectivity index (χ2v) is 13.1. The number of rotatable bonds is 4. The summed E-state index contributed by atoms with van der Waals surface area (Å²) in [6.07, 6.45) is 1.66. The molecule has 1 fully saturated rings. The number of hydrogen-bond donors (Lipinski definition) is 1. The van der Waals surface area contributed by atoms with E-state index in [1.165, 1.54) is 12.3 Å². The molecule has 0 bridgehead atoms. The fourth-order valence-electron chi connectivity index (χ4n) is 3.83. The Morgan fingerprint density at radius 1 is 1.24 bits per heavy atom. The molecule has 1 aromatic heterocycles. The lowest BCUT2D eigenvalue weighted by Crippen LogP contribution is -2.30. The first-order valence-corrected chi connectivity index (χ1v) is 14.4. The van der Waals surface area contributed by atoms with Gasteiger partial charge < -0.3 is 15.0 Å². The summed E-state index contributed by atoms with van der Waals surface area (Å²) in [5.74, 6) is -2.92. The quantitative estimate of drug-likeness (QED) is 0.434. The zero-order valence-electron chi connectivity index (χ0n) is 21.4. The van der Waals surface area contributed by atoms with Crippen molar-refractivity contribution in [3.8, 4) is 0 Å². The predicted octanol–water partition coefficient (Wildman–Crippen LogP) is 6.42. The summed E-state index contributed by atoms with van der Waals surface area (Å²) in [5.41, 5.74) is 0.390. The first-order chi connectivity index (χ1) is 17.1. The highest BCUT2D eigenvalue weighted by Gasteiger charge is 2.33. The standard InChI is InChI=1S/C25H31BrF2N4O4S/c1-16-19(26)15-29-21(32-12-7-10-25(27,28)11-13-32)20(16)22(33)30-17-8-6-9-18(14-17)37(5,35)31-23(34)36-24(2,3)4/h6,8-9,14-15H,7,10-13H2,1-5H3,(H,30,33)/t37-/m0/s1. The number of pyridine rings is 1. The van der Waals surface area contributed by atoms with Gasteiger partial charge in [0.1, 0.15) is 11.4 Å². The summed E-state index contributed by atoms with van der Waals surface area (Å²) in [5, 5.41) is 2.78. The highest BCUT2D eigenvalue weighted by molar-refractivity contribution is 9.10. The Hall–Kier alpha value is -2.60. The molecule has 1 aromatic carbocycles. The van der Waals surface area contributed by atoms with Crippen LogP contribution in [-0.4, -0.2) is 52.1 Å². The third-order valence-corrected chi connectivity index (χ3v) is 8.10. The fraction of sp³-hybridized carbons (Fsp3) is 0.480.